The van der Waals surface area contributed by atoms with Crippen LogP contribution in [0.1, 0.15) is 6.92 Å². The average Bonchev–Trinajstić information content (AvgIpc) is 2.79. The summed E-state index contributed by atoms with van der Waals surface area (Å²) < 4.78 is 20.3. The number of hydrogen-bond acceptors (Lipinski definition) is 5. The van der Waals surface area contributed by atoms with Crippen molar-refractivity contribution in [3.05, 3.63) is 77.0 Å². The van der Waals surface area contributed by atoms with Gasteiger partial charge in [-0.2, -0.15) is 0 Å². The molecule has 0 saturated heterocycles. The van der Waals surface area contributed by atoms with Crippen LogP contribution in [0.3, 0.4) is 0 Å². The fourth-order valence-corrected chi connectivity index (χ4v) is 4.12. The molecule has 1 amide bonds. The van der Waals surface area contributed by atoms with Crippen molar-refractivity contribution in [1.29, 1.82) is 0 Å². The van der Waals surface area contributed by atoms with Crippen LogP contribution in [-0.4, -0.2) is 28.2 Å². The van der Waals surface area contributed by atoms with Gasteiger partial charge in [-0.05, 0) is 61.5 Å². The predicted octanol–water partition coefficient (Wildman–Crippen LogP) is 6.33. The zero-order chi connectivity index (χ0) is 22.5. The Balaban J connectivity index is 1.55. The quantitative estimate of drug-likeness (QED) is 0.232. The molecule has 0 saturated carbocycles. The molecule has 0 atom stereocenters. The molecular weight excluding hydrogens is 493 g/mol. The Bertz CT molecular complexity index is 1250. The number of carbonyl (C=O) groups excluding carboxylic acids is 1. The van der Waals surface area contributed by atoms with Crippen molar-refractivity contribution in [3.8, 4) is 17.1 Å². The van der Waals surface area contributed by atoms with Gasteiger partial charge in [0.15, 0.2) is 5.82 Å². The van der Waals surface area contributed by atoms with Crippen molar-refractivity contribution >= 4 is 50.2 Å². The minimum Gasteiger partial charge on any atom is -0.494 e. The minimum absolute atomic E-state index is 0.121. The molecule has 0 fully saturated rings. The number of hydrogen-bond donors (Lipinski definition) is 1. The van der Waals surface area contributed by atoms with Crippen LogP contribution in [0.4, 0.5) is 10.1 Å². The van der Waals surface area contributed by atoms with Gasteiger partial charge in [-0.15, -0.1) is 0 Å². The molecular formula is C24H19BrFN3O2S. The number of thioether (sulfide) groups is 1. The lowest BCUT2D eigenvalue weighted by Crippen LogP contribution is -2.14. The number of carbonyl (C=O) groups is 1. The van der Waals surface area contributed by atoms with Gasteiger partial charge in [-0.1, -0.05) is 39.8 Å². The maximum atomic E-state index is 13.9. The van der Waals surface area contributed by atoms with Gasteiger partial charge in [0.05, 0.1) is 17.9 Å². The van der Waals surface area contributed by atoms with Crippen LogP contribution in [0.2, 0.25) is 0 Å². The van der Waals surface area contributed by atoms with Crippen LogP contribution in [0.5, 0.6) is 5.75 Å². The first kappa shape index (κ1) is 22.2. The molecule has 0 aliphatic carbocycles. The van der Waals surface area contributed by atoms with Crippen molar-refractivity contribution in [2.24, 2.45) is 0 Å². The normalized spacial score (nSPS) is 10.8. The number of anilines is 1. The molecule has 0 spiro atoms. The van der Waals surface area contributed by atoms with Gasteiger partial charge in [0, 0.05) is 21.1 Å². The summed E-state index contributed by atoms with van der Waals surface area (Å²) in [6.45, 7) is 2.50. The molecule has 0 radical (unpaired) electrons. The molecule has 32 heavy (non-hydrogen) atoms. The summed E-state index contributed by atoms with van der Waals surface area (Å²) >= 11 is 4.67. The lowest BCUT2D eigenvalue weighted by molar-refractivity contribution is -0.113. The zero-order valence-electron chi connectivity index (χ0n) is 17.1. The average molecular weight is 512 g/mol. The zero-order valence-corrected chi connectivity index (χ0v) is 19.5. The number of amides is 1. The molecule has 4 aromatic rings. The van der Waals surface area contributed by atoms with Gasteiger partial charge in [0.25, 0.3) is 0 Å². The summed E-state index contributed by atoms with van der Waals surface area (Å²) in [6, 6.07) is 19.2. The Labute approximate surface area is 197 Å². The van der Waals surface area contributed by atoms with Crippen LogP contribution in [0, 0.1) is 5.82 Å². The Morgan fingerprint density at radius 1 is 1.06 bits per heavy atom. The fraction of sp³-hybridized carbons (Fsp3) is 0.125. The molecule has 162 valence electrons. The number of nitrogens with one attached hydrogen (secondary N) is 1. The molecule has 1 aromatic heterocycles. The van der Waals surface area contributed by atoms with E-state index in [1.54, 1.807) is 30.3 Å². The van der Waals surface area contributed by atoms with Crippen molar-refractivity contribution < 1.29 is 13.9 Å². The third-order valence-electron chi connectivity index (χ3n) is 4.51. The highest BCUT2D eigenvalue weighted by Gasteiger charge is 2.13. The highest BCUT2D eigenvalue weighted by atomic mass is 79.9. The van der Waals surface area contributed by atoms with Crippen molar-refractivity contribution in [1.82, 2.24) is 9.97 Å². The molecule has 3 aromatic carbocycles. The van der Waals surface area contributed by atoms with Crippen molar-refractivity contribution in [3.63, 3.8) is 0 Å². The highest BCUT2D eigenvalue weighted by Crippen LogP contribution is 2.29. The molecule has 8 heteroatoms. The van der Waals surface area contributed by atoms with E-state index in [1.807, 2.05) is 31.2 Å². The number of fused-ring (bicyclic) bond motifs is 1. The van der Waals surface area contributed by atoms with Crippen LogP contribution < -0.4 is 10.1 Å². The second kappa shape index (κ2) is 10.1. The minimum atomic E-state index is -0.377. The van der Waals surface area contributed by atoms with Gasteiger partial charge < -0.3 is 10.1 Å². The van der Waals surface area contributed by atoms with Crippen LogP contribution in [-0.2, 0) is 4.79 Å². The Morgan fingerprint density at radius 2 is 1.81 bits per heavy atom. The SMILES string of the molecule is CCOc1ccc(NC(=O)CSc2nc(-c3ccc(Br)cc3)nc3ccc(F)cc23)cc1. The summed E-state index contributed by atoms with van der Waals surface area (Å²) in [4.78, 5) is 21.7. The first-order chi connectivity index (χ1) is 15.5. The van der Waals surface area contributed by atoms with E-state index in [2.05, 4.69) is 31.2 Å². The van der Waals surface area contributed by atoms with E-state index < -0.39 is 0 Å². The predicted molar refractivity (Wildman–Crippen MR) is 130 cm³/mol. The summed E-state index contributed by atoms with van der Waals surface area (Å²) in [5, 5.41) is 3.98. The summed E-state index contributed by atoms with van der Waals surface area (Å²) in [5.41, 5.74) is 2.13. The molecule has 0 aliphatic heterocycles. The topological polar surface area (TPSA) is 64.1 Å². The smallest absolute Gasteiger partial charge is 0.234 e. The molecule has 0 aliphatic rings. The molecule has 1 heterocycles. The summed E-state index contributed by atoms with van der Waals surface area (Å²) in [6.07, 6.45) is 0. The second-order valence-corrected chi connectivity index (χ2v) is 8.69. The van der Waals surface area contributed by atoms with Gasteiger partial charge in [-0.25, -0.2) is 14.4 Å². The number of benzene rings is 3. The number of nitrogens with zero attached hydrogens (tertiary/aromatic N) is 2. The van der Waals surface area contributed by atoms with Crippen LogP contribution in [0.15, 0.2) is 76.2 Å². The summed E-state index contributed by atoms with van der Waals surface area (Å²) in [5.74, 6) is 0.821. The van der Waals surface area contributed by atoms with E-state index in [1.165, 1.54) is 23.9 Å². The Morgan fingerprint density at radius 3 is 2.53 bits per heavy atom. The molecule has 1 N–H and O–H groups in total. The first-order valence-corrected chi connectivity index (χ1v) is 11.7. The van der Waals surface area contributed by atoms with Gasteiger partial charge in [-0.3, -0.25) is 4.79 Å². The van der Waals surface area contributed by atoms with E-state index in [0.29, 0.717) is 34.0 Å². The van der Waals surface area contributed by atoms with Crippen LogP contribution in [0.25, 0.3) is 22.3 Å². The van der Waals surface area contributed by atoms with E-state index in [4.69, 9.17) is 4.74 Å². The lowest BCUT2D eigenvalue weighted by atomic mass is 10.2. The Hall–Kier alpha value is -2.97. The fourth-order valence-electron chi connectivity index (χ4n) is 3.04. The maximum Gasteiger partial charge on any atom is 0.234 e. The summed E-state index contributed by atoms with van der Waals surface area (Å²) in [7, 11) is 0. The van der Waals surface area contributed by atoms with Gasteiger partial charge in [0.2, 0.25) is 5.91 Å². The maximum absolute atomic E-state index is 13.9. The molecule has 0 unspecified atom stereocenters. The highest BCUT2D eigenvalue weighted by molar-refractivity contribution is 9.10. The monoisotopic (exact) mass is 511 g/mol. The van der Waals surface area contributed by atoms with Gasteiger partial charge >= 0.3 is 0 Å². The second-order valence-electron chi connectivity index (χ2n) is 6.81. The number of rotatable bonds is 7. The number of ether oxygens (including phenoxy) is 1. The molecule has 5 nitrogen and oxygen atoms in total. The first-order valence-electron chi connectivity index (χ1n) is 9.90. The van der Waals surface area contributed by atoms with Crippen LogP contribution >= 0.6 is 27.7 Å². The van der Waals surface area contributed by atoms with E-state index in [0.717, 1.165) is 15.8 Å². The Kier molecular flexibility index (Phi) is 7.02. The standard InChI is InChI=1S/C24H19BrFN3O2S/c1-2-31-19-10-8-18(9-11-19)27-22(30)14-32-24-20-13-17(26)7-12-21(20)28-23(29-24)15-3-5-16(25)6-4-15/h3-13H,2,14H2,1H3,(H,27,30). The molecule has 4 rings (SSSR count). The van der Waals surface area contributed by atoms with E-state index in [9.17, 15) is 9.18 Å². The largest absolute Gasteiger partial charge is 0.494 e. The van der Waals surface area contributed by atoms with Crippen molar-refractivity contribution in [2.75, 3.05) is 17.7 Å². The molecule has 0 bridgehead atoms. The lowest BCUT2D eigenvalue weighted by Gasteiger charge is -2.10. The third kappa shape index (κ3) is 5.44. The van der Waals surface area contributed by atoms with E-state index >= 15 is 0 Å². The van der Waals surface area contributed by atoms with Crippen molar-refractivity contribution in [2.45, 2.75) is 11.9 Å². The van der Waals surface area contributed by atoms with E-state index in [-0.39, 0.29) is 17.5 Å². The number of halogens is 2. The number of aromatic nitrogens is 2. The third-order valence-corrected chi connectivity index (χ3v) is 6.03. The van der Waals surface area contributed by atoms with Gasteiger partial charge in [0.1, 0.15) is 16.6 Å².